The number of nitrogens with two attached hydrogens (primary N) is 1. The van der Waals surface area contributed by atoms with Crippen LogP contribution in [0, 0.1) is 12.8 Å². The topological polar surface area (TPSA) is 101 Å². The van der Waals surface area contributed by atoms with Crippen molar-refractivity contribution < 1.29 is 14.1 Å². The van der Waals surface area contributed by atoms with Crippen LogP contribution >= 0.6 is 11.9 Å². The first-order valence-corrected chi connectivity index (χ1v) is 12.7. The number of amides is 2. The minimum atomic E-state index is -0.637. The summed E-state index contributed by atoms with van der Waals surface area (Å²) in [4.78, 5) is 27.9. The van der Waals surface area contributed by atoms with Gasteiger partial charge in [-0.05, 0) is 54.0 Å². The Bertz CT molecular complexity index is 1130. The molecule has 0 aliphatic heterocycles. The van der Waals surface area contributed by atoms with Crippen molar-refractivity contribution in [2.24, 2.45) is 11.7 Å². The van der Waals surface area contributed by atoms with Gasteiger partial charge in [-0.15, -0.1) is 0 Å². The Hall–Kier alpha value is -3.26. The maximum Gasteiger partial charge on any atom is 0.240 e. The zero-order valence-corrected chi connectivity index (χ0v) is 21.6. The zero-order chi connectivity index (χ0) is 25.4. The first-order valence-electron chi connectivity index (χ1n) is 11.9. The van der Waals surface area contributed by atoms with Gasteiger partial charge in [0, 0.05) is 23.9 Å². The summed E-state index contributed by atoms with van der Waals surface area (Å²) in [6.45, 7) is 8.08. The lowest BCUT2D eigenvalue weighted by molar-refractivity contribution is -0.141. The minimum Gasteiger partial charge on any atom is -0.368 e. The van der Waals surface area contributed by atoms with Crippen LogP contribution in [0.2, 0.25) is 0 Å². The van der Waals surface area contributed by atoms with Crippen molar-refractivity contribution >= 4 is 29.6 Å². The van der Waals surface area contributed by atoms with E-state index in [0.29, 0.717) is 18.8 Å². The second-order valence-corrected chi connectivity index (χ2v) is 9.78. The summed E-state index contributed by atoms with van der Waals surface area (Å²) in [5, 5.41) is 3.97. The molecule has 3 aromatic rings. The van der Waals surface area contributed by atoms with Crippen molar-refractivity contribution in [3.8, 4) is 11.1 Å². The van der Waals surface area contributed by atoms with Crippen LogP contribution in [0.5, 0.6) is 0 Å². The molecule has 0 spiro atoms. The summed E-state index contributed by atoms with van der Waals surface area (Å²) in [6.07, 6.45) is 2.11. The zero-order valence-electron chi connectivity index (χ0n) is 20.8. The molecule has 0 aliphatic carbocycles. The summed E-state index contributed by atoms with van der Waals surface area (Å²) in [5.41, 5.74) is 8.77. The third-order valence-corrected chi connectivity index (χ3v) is 6.61. The summed E-state index contributed by atoms with van der Waals surface area (Å²) in [5.74, 6) is 0.837. The van der Waals surface area contributed by atoms with Crippen LogP contribution in [0.15, 0.2) is 64.0 Å². The van der Waals surface area contributed by atoms with Crippen LogP contribution in [-0.4, -0.2) is 27.9 Å². The van der Waals surface area contributed by atoms with Crippen LogP contribution in [0.1, 0.15) is 51.4 Å². The molecule has 0 saturated heterocycles. The number of primary amides is 1. The molecule has 0 fully saturated rings. The van der Waals surface area contributed by atoms with Gasteiger partial charge in [0.25, 0.3) is 0 Å². The van der Waals surface area contributed by atoms with Crippen molar-refractivity contribution in [2.75, 3.05) is 4.72 Å². The van der Waals surface area contributed by atoms with Gasteiger partial charge in [-0.25, -0.2) is 0 Å². The van der Waals surface area contributed by atoms with Crippen molar-refractivity contribution in [1.29, 1.82) is 0 Å². The number of nitrogens with zero attached hydrogens (tertiary/aromatic N) is 2. The summed E-state index contributed by atoms with van der Waals surface area (Å²) in [6, 6.07) is 17.4. The molecular formula is C27H34N4O3S. The molecular weight excluding hydrogens is 460 g/mol. The number of carbonyl (C=O) groups is 2. The summed E-state index contributed by atoms with van der Waals surface area (Å²) >= 11 is 1.47. The highest BCUT2D eigenvalue weighted by Gasteiger charge is 2.30. The number of aryl methyl sites for hydroxylation is 1. The van der Waals surface area contributed by atoms with Gasteiger partial charge in [0.05, 0.1) is 0 Å². The van der Waals surface area contributed by atoms with Gasteiger partial charge in [0.15, 0.2) is 5.82 Å². The van der Waals surface area contributed by atoms with E-state index in [4.69, 9.17) is 10.3 Å². The monoisotopic (exact) mass is 494 g/mol. The SMILES string of the molecule is CCCCC(=O)N(Cc1ccc(-c2ccccc2SNc2cc(C)on2)cc1)C(C(N)=O)C(C)C. The number of carbonyl (C=O) groups excluding carboxylic acids is 2. The fourth-order valence-electron chi connectivity index (χ4n) is 3.96. The lowest BCUT2D eigenvalue weighted by atomic mass is 9.99. The second kappa shape index (κ2) is 12.4. The maximum atomic E-state index is 13.0. The fraction of sp³-hybridized carbons (Fsp3) is 0.370. The van der Waals surface area contributed by atoms with E-state index in [1.54, 1.807) is 4.90 Å². The molecule has 1 unspecified atom stereocenters. The van der Waals surface area contributed by atoms with E-state index in [9.17, 15) is 9.59 Å². The highest BCUT2D eigenvalue weighted by molar-refractivity contribution is 8.00. The molecule has 0 radical (unpaired) electrons. The molecule has 2 aromatic carbocycles. The van der Waals surface area contributed by atoms with Gasteiger partial charge < -0.3 is 19.9 Å². The number of benzene rings is 2. The first kappa shape index (κ1) is 26.3. The summed E-state index contributed by atoms with van der Waals surface area (Å²) in [7, 11) is 0. The predicted octanol–water partition coefficient (Wildman–Crippen LogP) is 5.80. The van der Waals surface area contributed by atoms with E-state index in [1.807, 2.05) is 76.2 Å². The molecule has 3 N–H and O–H groups in total. The first-order chi connectivity index (χ1) is 16.8. The molecule has 0 aliphatic rings. The van der Waals surface area contributed by atoms with Crippen molar-refractivity contribution in [3.63, 3.8) is 0 Å². The number of unbranched alkanes of at least 4 members (excludes halogenated alkanes) is 1. The van der Waals surface area contributed by atoms with Crippen LogP contribution < -0.4 is 10.5 Å². The Balaban J connectivity index is 1.79. The molecule has 3 rings (SSSR count). The average molecular weight is 495 g/mol. The Morgan fingerprint density at radius 3 is 2.46 bits per heavy atom. The van der Waals surface area contributed by atoms with Gasteiger partial charge >= 0.3 is 0 Å². The van der Waals surface area contributed by atoms with Gasteiger partial charge in [-0.3, -0.25) is 9.59 Å². The third kappa shape index (κ3) is 7.11. The van der Waals surface area contributed by atoms with Crippen LogP contribution in [0.25, 0.3) is 11.1 Å². The Kier molecular flexibility index (Phi) is 9.37. The Labute approximate surface area is 211 Å². The fourth-order valence-corrected chi connectivity index (χ4v) is 4.71. The van der Waals surface area contributed by atoms with Gasteiger partial charge in [0.2, 0.25) is 11.8 Å². The second-order valence-electron chi connectivity index (χ2n) is 8.94. The quantitative estimate of drug-likeness (QED) is 0.309. The Morgan fingerprint density at radius 1 is 1.14 bits per heavy atom. The van der Waals surface area contributed by atoms with E-state index in [2.05, 4.69) is 15.9 Å². The molecule has 186 valence electrons. The number of aromatic nitrogens is 1. The smallest absolute Gasteiger partial charge is 0.240 e. The van der Waals surface area contributed by atoms with E-state index >= 15 is 0 Å². The summed E-state index contributed by atoms with van der Waals surface area (Å²) < 4.78 is 8.33. The number of hydrogen-bond acceptors (Lipinski definition) is 6. The van der Waals surface area contributed by atoms with E-state index in [-0.39, 0.29) is 11.8 Å². The number of hydrogen-bond donors (Lipinski definition) is 2. The van der Waals surface area contributed by atoms with E-state index in [0.717, 1.165) is 40.2 Å². The normalized spacial score (nSPS) is 11.9. The number of nitrogens with one attached hydrogen (secondary N) is 1. The van der Waals surface area contributed by atoms with Crippen LogP contribution in [0.4, 0.5) is 5.82 Å². The van der Waals surface area contributed by atoms with E-state index in [1.165, 1.54) is 11.9 Å². The molecule has 35 heavy (non-hydrogen) atoms. The minimum absolute atomic E-state index is 0.0376. The highest BCUT2D eigenvalue weighted by atomic mass is 32.2. The van der Waals surface area contributed by atoms with Crippen molar-refractivity contribution in [2.45, 2.75) is 64.4 Å². The van der Waals surface area contributed by atoms with Gasteiger partial charge in [-0.2, -0.15) is 0 Å². The standard InChI is InChI=1S/C27H34N4O3S/c1-5-6-11-25(32)31(26(18(2)3)27(28)33)17-20-12-14-21(15-13-20)22-9-7-8-10-23(22)35-30-24-16-19(4)34-29-24/h7-10,12-16,18,26H,5-6,11,17H2,1-4H3,(H2,28,33)(H,29,30). The molecule has 0 saturated carbocycles. The van der Waals surface area contributed by atoms with Crippen molar-refractivity contribution in [3.05, 3.63) is 65.9 Å². The lowest BCUT2D eigenvalue weighted by Crippen LogP contribution is -2.50. The molecule has 0 bridgehead atoms. The predicted molar refractivity (Wildman–Crippen MR) is 140 cm³/mol. The number of rotatable bonds is 12. The molecule has 1 aromatic heterocycles. The molecule has 8 heteroatoms. The average Bonchev–Trinajstić information content (AvgIpc) is 3.26. The maximum absolute atomic E-state index is 13.0. The van der Waals surface area contributed by atoms with Gasteiger partial charge in [0.1, 0.15) is 11.8 Å². The molecule has 2 amide bonds. The molecule has 1 heterocycles. The lowest BCUT2D eigenvalue weighted by Gasteiger charge is -2.32. The number of anilines is 1. The third-order valence-electron chi connectivity index (χ3n) is 5.72. The van der Waals surface area contributed by atoms with Gasteiger partial charge in [-0.1, -0.05) is 74.8 Å². The van der Waals surface area contributed by atoms with Crippen LogP contribution in [-0.2, 0) is 16.1 Å². The van der Waals surface area contributed by atoms with Crippen LogP contribution in [0.3, 0.4) is 0 Å². The van der Waals surface area contributed by atoms with Crippen molar-refractivity contribution in [1.82, 2.24) is 10.1 Å². The highest BCUT2D eigenvalue weighted by Crippen LogP contribution is 2.32. The Morgan fingerprint density at radius 2 is 1.86 bits per heavy atom. The largest absolute Gasteiger partial charge is 0.368 e. The molecule has 1 atom stereocenters. The van der Waals surface area contributed by atoms with E-state index < -0.39 is 11.9 Å². The molecule has 7 nitrogen and oxygen atoms in total.